The van der Waals surface area contributed by atoms with Gasteiger partial charge >= 0.3 is 0 Å². The van der Waals surface area contributed by atoms with Crippen LogP contribution in [0.3, 0.4) is 0 Å². The maximum absolute atomic E-state index is 11.3. The van der Waals surface area contributed by atoms with Gasteiger partial charge in [0.2, 0.25) is 0 Å². The number of benzene rings is 3. The molecule has 3 aromatic carbocycles. The Balaban J connectivity index is 1.77. The van der Waals surface area contributed by atoms with Gasteiger partial charge in [-0.05, 0) is 47.7 Å². The Morgan fingerprint density at radius 2 is 1.71 bits per heavy atom. The fourth-order valence-electron chi connectivity index (χ4n) is 3.90. The maximum atomic E-state index is 11.3. The van der Waals surface area contributed by atoms with Crippen molar-refractivity contribution in [3.8, 4) is 33.9 Å². The zero-order valence-electron chi connectivity index (χ0n) is 16.5. The van der Waals surface area contributed by atoms with Gasteiger partial charge in [-0.15, -0.1) is 0 Å². The highest BCUT2D eigenvalue weighted by Crippen LogP contribution is 2.37. The van der Waals surface area contributed by atoms with E-state index in [-0.39, 0.29) is 10.6 Å². The number of rotatable bonds is 4. The molecule has 0 aliphatic rings. The van der Waals surface area contributed by atoms with Gasteiger partial charge in [-0.25, -0.2) is 4.98 Å². The van der Waals surface area contributed by atoms with Crippen LogP contribution in [0.25, 0.3) is 44.8 Å². The number of nitro groups is 1. The second kappa shape index (κ2) is 7.66. The minimum atomic E-state index is -0.379. The van der Waals surface area contributed by atoms with E-state index in [4.69, 9.17) is 4.98 Å². The number of fused-ring (bicyclic) bond motifs is 1. The normalized spacial score (nSPS) is 11.2. The van der Waals surface area contributed by atoms with Crippen LogP contribution in [0.1, 0.15) is 5.69 Å². The summed E-state index contributed by atoms with van der Waals surface area (Å²) >= 11 is 2.27. The Morgan fingerprint density at radius 1 is 0.935 bits per heavy atom. The number of aromatic nitrogens is 3. The highest BCUT2D eigenvalue weighted by atomic mass is 127. The first kappa shape index (κ1) is 19.5. The van der Waals surface area contributed by atoms with Crippen LogP contribution in [0.15, 0.2) is 72.8 Å². The molecule has 0 radical (unpaired) electrons. The number of imidazole rings is 1. The number of non-ortho nitro benzene ring substituents is 1. The summed E-state index contributed by atoms with van der Waals surface area (Å²) in [6.07, 6.45) is 0. The molecule has 0 amide bonds. The molecule has 5 rings (SSSR count). The fourth-order valence-corrected chi connectivity index (χ4v) is 4.45. The van der Waals surface area contributed by atoms with Crippen LogP contribution >= 0.6 is 22.6 Å². The van der Waals surface area contributed by atoms with Crippen molar-refractivity contribution in [3.63, 3.8) is 0 Å². The summed E-state index contributed by atoms with van der Waals surface area (Å²) in [6, 6.07) is 22.8. The van der Waals surface area contributed by atoms with Crippen molar-refractivity contribution >= 4 is 39.2 Å². The summed E-state index contributed by atoms with van der Waals surface area (Å²) in [5.74, 6) is 0.727. The third-order valence-corrected chi connectivity index (χ3v) is 5.95. The summed E-state index contributed by atoms with van der Waals surface area (Å²) in [5, 5.41) is 12.4. The monoisotopic (exact) mass is 520 g/mol. The van der Waals surface area contributed by atoms with Crippen LogP contribution in [0.2, 0.25) is 0 Å². The summed E-state index contributed by atoms with van der Waals surface area (Å²) in [4.78, 5) is 22.8. The summed E-state index contributed by atoms with van der Waals surface area (Å²) in [5.41, 5.74) is 6.29. The molecule has 0 spiro atoms. The van der Waals surface area contributed by atoms with Crippen molar-refractivity contribution in [2.24, 2.45) is 0 Å². The van der Waals surface area contributed by atoms with E-state index in [2.05, 4.69) is 44.7 Å². The van der Waals surface area contributed by atoms with Crippen LogP contribution < -0.4 is 0 Å². The topological polar surface area (TPSA) is 87.6 Å². The van der Waals surface area contributed by atoms with Crippen molar-refractivity contribution in [1.82, 2.24) is 15.0 Å². The van der Waals surface area contributed by atoms with E-state index in [9.17, 15) is 10.1 Å². The molecule has 6 nitrogen and oxygen atoms in total. The number of hydrogen-bond acceptors (Lipinski definition) is 3. The van der Waals surface area contributed by atoms with E-state index in [1.165, 1.54) is 6.07 Å². The lowest BCUT2D eigenvalue weighted by Crippen LogP contribution is -1.89. The SMILES string of the molecule is Cc1[nH]c2ccccc2c1-c1nc(-c2cccc(I)c2)c(-c2cccc([N+](=O)[O-])c2)[nH]1. The highest BCUT2D eigenvalue weighted by Gasteiger charge is 2.20. The fraction of sp³-hybridized carbons (Fsp3) is 0.0417. The number of hydrogen-bond donors (Lipinski definition) is 2. The molecule has 0 atom stereocenters. The number of halogens is 1. The Kier molecular flexibility index (Phi) is 4.82. The average Bonchev–Trinajstić information content (AvgIpc) is 3.34. The van der Waals surface area contributed by atoms with Gasteiger partial charge in [-0.3, -0.25) is 10.1 Å². The van der Waals surface area contributed by atoms with E-state index in [1.54, 1.807) is 12.1 Å². The van der Waals surface area contributed by atoms with Crippen molar-refractivity contribution < 1.29 is 4.92 Å². The molecule has 152 valence electrons. The van der Waals surface area contributed by atoms with E-state index >= 15 is 0 Å². The third kappa shape index (κ3) is 3.50. The summed E-state index contributed by atoms with van der Waals surface area (Å²) < 4.78 is 1.09. The standard InChI is InChI=1S/C24H17IN4O2/c1-14-21(19-10-2-3-11-20(19)26-14)24-27-22(15-6-4-8-17(25)12-15)23(28-24)16-7-5-9-18(13-16)29(30)31/h2-13,26H,1H3,(H,27,28). The summed E-state index contributed by atoms with van der Waals surface area (Å²) in [7, 11) is 0. The number of H-pyrrole nitrogens is 2. The Hall–Kier alpha value is -3.46. The molecule has 0 fully saturated rings. The van der Waals surface area contributed by atoms with Gasteiger partial charge in [-0.2, -0.15) is 0 Å². The molecular formula is C24H17IN4O2. The molecule has 0 aliphatic carbocycles. The molecule has 2 N–H and O–H groups in total. The van der Waals surface area contributed by atoms with Crippen LogP contribution in [0, 0.1) is 20.6 Å². The predicted octanol–water partition coefficient (Wildman–Crippen LogP) is 6.71. The Bertz CT molecular complexity index is 1450. The zero-order valence-corrected chi connectivity index (χ0v) is 18.7. The molecule has 7 heteroatoms. The van der Waals surface area contributed by atoms with Crippen LogP contribution in [-0.2, 0) is 0 Å². The molecule has 0 aliphatic heterocycles. The van der Waals surface area contributed by atoms with E-state index in [0.717, 1.165) is 54.1 Å². The molecule has 2 heterocycles. The number of nitrogens with one attached hydrogen (secondary N) is 2. The second-order valence-corrected chi connectivity index (χ2v) is 8.54. The maximum Gasteiger partial charge on any atom is 0.270 e. The Labute approximate surface area is 191 Å². The second-order valence-electron chi connectivity index (χ2n) is 7.30. The largest absolute Gasteiger partial charge is 0.358 e. The van der Waals surface area contributed by atoms with Gasteiger partial charge in [0.05, 0.1) is 16.3 Å². The number of para-hydroxylation sites is 1. The van der Waals surface area contributed by atoms with Crippen LogP contribution in [0.5, 0.6) is 0 Å². The number of nitro benzene ring substituents is 1. The first-order valence-electron chi connectivity index (χ1n) is 9.70. The van der Waals surface area contributed by atoms with E-state index in [1.807, 2.05) is 49.4 Å². The van der Waals surface area contributed by atoms with Gasteiger partial charge in [0.15, 0.2) is 0 Å². The Morgan fingerprint density at radius 3 is 2.52 bits per heavy atom. The smallest absolute Gasteiger partial charge is 0.270 e. The summed E-state index contributed by atoms with van der Waals surface area (Å²) in [6.45, 7) is 2.02. The highest BCUT2D eigenvalue weighted by molar-refractivity contribution is 14.1. The number of aromatic amines is 2. The van der Waals surface area contributed by atoms with Gasteiger partial charge in [0, 0.05) is 49.0 Å². The lowest BCUT2D eigenvalue weighted by atomic mass is 10.0. The minimum Gasteiger partial charge on any atom is -0.358 e. The first-order chi connectivity index (χ1) is 15.0. The van der Waals surface area contributed by atoms with E-state index in [0.29, 0.717) is 0 Å². The lowest BCUT2D eigenvalue weighted by Gasteiger charge is -2.04. The van der Waals surface area contributed by atoms with Gasteiger partial charge in [-0.1, -0.05) is 42.5 Å². The predicted molar refractivity (Wildman–Crippen MR) is 131 cm³/mol. The average molecular weight is 520 g/mol. The van der Waals surface area contributed by atoms with E-state index < -0.39 is 0 Å². The quantitative estimate of drug-likeness (QED) is 0.157. The molecule has 0 unspecified atom stereocenters. The molecule has 0 saturated carbocycles. The van der Waals surface area contributed by atoms with Crippen molar-refractivity contribution in [3.05, 3.63) is 92.2 Å². The molecule has 31 heavy (non-hydrogen) atoms. The molecule has 0 saturated heterocycles. The molecule has 5 aromatic rings. The number of nitrogens with zero attached hydrogens (tertiary/aromatic N) is 2. The van der Waals surface area contributed by atoms with Gasteiger partial charge in [0.25, 0.3) is 5.69 Å². The number of aryl methyl sites for hydroxylation is 1. The molecule has 2 aromatic heterocycles. The van der Waals surface area contributed by atoms with Crippen LogP contribution in [-0.4, -0.2) is 19.9 Å². The molecule has 0 bridgehead atoms. The van der Waals surface area contributed by atoms with Crippen molar-refractivity contribution in [2.45, 2.75) is 6.92 Å². The van der Waals surface area contributed by atoms with Crippen molar-refractivity contribution in [1.29, 1.82) is 0 Å². The zero-order chi connectivity index (χ0) is 21.5. The van der Waals surface area contributed by atoms with Crippen LogP contribution in [0.4, 0.5) is 5.69 Å². The van der Waals surface area contributed by atoms with Gasteiger partial charge < -0.3 is 9.97 Å². The van der Waals surface area contributed by atoms with Gasteiger partial charge in [0.1, 0.15) is 5.82 Å². The third-order valence-electron chi connectivity index (χ3n) is 5.28. The lowest BCUT2D eigenvalue weighted by molar-refractivity contribution is -0.384. The minimum absolute atomic E-state index is 0.0468. The van der Waals surface area contributed by atoms with Crippen molar-refractivity contribution in [2.75, 3.05) is 0 Å². The first-order valence-corrected chi connectivity index (χ1v) is 10.8. The molecular weight excluding hydrogens is 503 g/mol.